The molecular weight excluding hydrogens is 294 g/mol. The quantitative estimate of drug-likeness (QED) is 0.679. The third-order valence-corrected chi connectivity index (χ3v) is 3.80. The van der Waals surface area contributed by atoms with Crippen molar-refractivity contribution in [3.63, 3.8) is 0 Å². The minimum absolute atomic E-state index is 0.121. The highest BCUT2D eigenvalue weighted by molar-refractivity contribution is 6.06. The van der Waals surface area contributed by atoms with Crippen LogP contribution in [0.5, 0.6) is 5.75 Å². The van der Waals surface area contributed by atoms with Crippen molar-refractivity contribution in [2.75, 3.05) is 26.3 Å². The fourth-order valence-electron chi connectivity index (χ4n) is 2.51. The average molecular weight is 313 g/mol. The van der Waals surface area contributed by atoms with Gasteiger partial charge in [0.05, 0.1) is 19.5 Å². The normalized spacial score (nSPS) is 16.0. The molecule has 1 aliphatic heterocycles. The Morgan fingerprint density at radius 1 is 1.26 bits per heavy atom. The molecule has 0 saturated carbocycles. The fraction of sp³-hybridized carbons (Fsp3) is 0.278. The van der Waals surface area contributed by atoms with Gasteiger partial charge in [0.1, 0.15) is 11.5 Å². The maximum Gasteiger partial charge on any atom is 0.185 e. The number of nitrogens with zero attached hydrogens (tertiary/aromatic N) is 1. The molecule has 0 bridgehead atoms. The molecular formula is C18H19NO4. The third-order valence-electron chi connectivity index (χ3n) is 3.80. The number of hydrogen-bond donors (Lipinski definition) is 1. The lowest BCUT2D eigenvalue weighted by Gasteiger charge is -2.26. The van der Waals surface area contributed by atoms with Crippen LogP contribution in [-0.4, -0.2) is 42.1 Å². The van der Waals surface area contributed by atoms with Crippen LogP contribution in [0, 0.1) is 0 Å². The second kappa shape index (κ2) is 7.26. The van der Waals surface area contributed by atoms with Gasteiger partial charge in [-0.3, -0.25) is 9.69 Å². The number of benzene rings is 1. The van der Waals surface area contributed by atoms with Gasteiger partial charge in [-0.25, -0.2) is 0 Å². The first-order valence-corrected chi connectivity index (χ1v) is 7.60. The van der Waals surface area contributed by atoms with E-state index in [2.05, 4.69) is 4.90 Å². The molecule has 5 heteroatoms. The summed E-state index contributed by atoms with van der Waals surface area (Å²) in [6.07, 6.45) is 4.67. The van der Waals surface area contributed by atoms with E-state index in [1.165, 1.54) is 6.08 Å². The minimum atomic E-state index is -0.121. The molecule has 120 valence electrons. The molecule has 23 heavy (non-hydrogen) atoms. The smallest absolute Gasteiger partial charge is 0.185 e. The van der Waals surface area contributed by atoms with Gasteiger partial charge in [-0.15, -0.1) is 0 Å². The van der Waals surface area contributed by atoms with E-state index in [4.69, 9.17) is 9.15 Å². The number of furan rings is 1. The van der Waals surface area contributed by atoms with Crippen LogP contribution in [-0.2, 0) is 11.3 Å². The Balaban J connectivity index is 1.72. The number of phenols is 1. The molecule has 0 radical (unpaired) electrons. The van der Waals surface area contributed by atoms with Crippen LogP contribution in [0.15, 0.2) is 47.1 Å². The monoisotopic (exact) mass is 313 g/mol. The Morgan fingerprint density at radius 2 is 2.09 bits per heavy atom. The average Bonchev–Trinajstić information content (AvgIpc) is 3.09. The second-order valence-corrected chi connectivity index (χ2v) is 5.45. The zero-order valence-electron chi connectivity index (χ0n) is 12.8. The molecule has 0 unspecified atom stereocenters. The molecule has 2 aromatic rings. The Kier molecular flexibility index (Phi) is 4.90. The number of phenolic OH excluding ortho intramolecular Hbond substituents is 1. The van der Waals surface area contributed by atoms with E-state index < -0.39 is 0 Å². The molecule has 0 aliphatic carbocycles. The first-order chi connectivity index (χ1) is 11.2. The van der Waals surface area contributed by atoms with Gasteiger partial charge < -0.3 is 14.3 Å². The fourth-order valence-corrected chi connectivity index (χ4v) is 2.51. The van der Waals surface area contributed by atoms with Gasteiger partial charge in [-0.2, -0.15) is 0 Å². The van der Waals surface area contributed by atoms with Gasteiger partial charge >= 0.3 is 0 Å². The number of hydrogen-bond acceptors (Lipinski definition) is 5. The van der Waals surface area contributed by atoms with Crippen molar-refractivity contribution in [3.05, 3.63) is 59.6 Å². The lowest BCUT2D eigenvalue weighted by Crippen LogP contribution is -2.35. The maximum atomic E-state index is 12.3. The second-order valence-electron chi connectivity index (χ2n) is 5.45. The summed E-state index contributed by atoms with van der Waals surface area (Å²) in [5, 5.41) is 10.0. The van der Waals surface area contributed by atoms with Crippen molar-refractivity contribution in [2.45, 2.75) is 6.54 Å². The number of morpholine rings is 1. The lowest BCUT2D eigenvalue weighted by molar-refractivity contribution is 0.0339. The van der Waals surface area contributed by atoms with E-state index >= 15 is 0 Å². The highest BCUT2D eigenvalue weighted by atomic mass is 16.5. The molecule has 1 aromatic carbocycles. The first-order valence-electron chi connectivity index (χ1n) is 7.60. The highest BCUT2D eigenvalue weighted by Crippen LogP contribution is 2.21. The zero-order valence-corrected chi connectivity index (χ0v) is 12.8. The van der Waals surface area contributed by atoms with Crippen LogP contribution in [0.25, 0.3) is 6.08 Å². The molecule has 1 N–H and O–H groups in total. The Bertz CT molecular complexity index is 685. The van der Waals surface area contributed by atoms with E-state index in [1.54, 1.807) is 42.7 Å². The van der Waals surface area contributed by atoms with E-state index in [9.17, 15) is 9.90 Å². The zero-order chi connectivity index (χ0) is 16.1. The lowest BCUT2D eigenvalue weighted by atomic mass is 10.0. The van der Waals surface area contributed by atoms with Gasteiger partial charge in [0.25, 0.3) is 0 Å². The summed E-state index contributed by atoms with van der Waals surface area (Å²) in [6, 6.07) is 8.51. The molecule has 1 aromatic heterocycles. The van der Waals surface area contributed by atoms with Crippen molar-refractivity contribution in [2.24, 2.45) is 0 Å². The molecule has 2 heterocycles. The summed E-state index contributed by atoms with van der Waals surface area (Å²) < 4.78 is 10.5. The van der Waals surface area contributed by atoms with Crippen LogP contribution in [0.4, 0.5) is 0 Å². The molecule has 0 amide bonds. The van der Waals surface area contributed by atoms with Crippen LogP contribution < -0.4 is 0 Å². The van der Waals surface area contributed by atoms with Gasteiger partial charge in [-0.1, -0.05) is 0 Å². The van der Waals surface area contributed by atoms with E-state index in [-0.39, 0.29) is 11.5 Å². The number of aromatic hydroxyl groups is 1. The minimum Gasteiger partial charge on any atom is -0.508 e. The standard InChI is InChI=1S/C18H19NO4/c20-17(6-4-16-2-1-9-23-16)14-3-5-18(21)15(12-14)13-19-7-10-22-11-8-19/h1-6,9,12,21H,7-8,10-11,13H2/b6-4+. The summed E-state index contributed by atoms with van der Waals surface area (Å²) in [5.74, 6) is 0.721. The predicted molar refractivity (Wildman–Crippen MR) is 86.3 cm³/mol. The molecule has 1 aliphatic rings. The largest absolute Gasteiger partial charge is 0.508 e. The highest BCUT2D eigenvalue weighted by Gasteiger charge is 2.14. The Labute approximate surface area is 134 Å². The van der Waals surface area contributed by atoms with Gasteiger partial charge in [0.15, 0.2) is 5.78 Å². The van der Waals surface area contributed by atoms with Gasteiger partial charge in [0, 0.05) is 30.8 Å². The van der Waals surface area contributed by atoms with Gasteiger partial charge in [0.2, 0.25) is 0 Å². The van der Waals surface area contributed by atoms with Gasteiger partial charge in [-0.05, 0) is 42.5 Å². The van der Waals surface area contributed by atoms with Crippen LogP contribution in [0.1, 0.15) is 21.7 Å². The SMILES string of the molecule is O=C(/C=C/c1ccco1)c1ccc(O)c(CN2CCOCC2)c1. The number of allylic oxidation sites excluding steroid dienone is 1. The molecule has 0 spiro atoms. The first kappa shape index (κ1) is 15.5. The maximum absolute atomic E-state index is 12.3. The number of rotatable bonds is 5. The summed E-state index contributed by atoms with van der Waals surface area (Å²) >= 11 is 0. The van der Waals surface area contributed by atoms with Crippen LogP contribution >= 0.6 is 0 Å². The molecule has 3 rings (SSSR count). The van der Waals surface area contributed by atoms with Crippen LogP contribution in [0.3, 0.4) is 0 Å². The summed E-state index contributed by atoms with van der Waals surface area (Å²) in [7, 11) is 0. The van der Waals surface area contributed by atoms with Crippen molar-refractivity contribution < 1.29 is 19.1 Å². The number of ether oxygens (including phenoxy) is 1. The van der Waals surface area contributed by atoms with Crippen molar-refractivity contribution in [3.8, 4) is 5.75 Å². The molecule has 0 atom stereocenters. The summed E-state index contributed by atoms with van der Waals surface area (Å²) in [4.78, 5) is 14.5. The van der Waals surface area contributed by atoms with Crippen molar-refractivity contribution >= 4 is 11.9 Å². The Hall–Kier alpha value is -2.37. The molecule has 1 saturated heterocycles. The number of ketones is 1. The Morgan fingerprint density at radius 3 is 2.83 bits per heavy atom. The van der Waals surface area contributed by atoms with Crippen molar-refractivity contribution in [1.29, 1.82) is 0 Å². The number of carbonyl (C=O) groups is 1. The topological polar surface area (TPSA) is 62.9 Å². The number of carbonyl (C=O) groups excluding carboxylic acids is 1. The van der Waals surface area contributed by atoms with Crippen molar-refractivity contribution in [1.82, 2.24) is 4.90 Å². The summed E-state index contributed by atoms with van der Waals surface area (Å²) in [6.45, 7) is 3.67. The van der Waals surface area contributed by atoms with E-state index in [1.807, 2.05) is 0 Å². The third kappa shape index (κ3) is 4.09. The van der Waals surface area contributed by atoms with E-state index in [0.29, 0.717) is 31.1 Å². The van der Waals surface area contributed by atoms with E-state index in [0.717, 1.165) is 18.7 Å². The predicted octanol–water partition coefficient (Wildman–Crippen LogP) is 2.71. The molecule has 5 nitrogen and oxygen atoms in total. The summed E-state index contributed by atoms with van der Waals surface area (Å²) in [5.41, 5.74) is 1.30. The molecule has 1 fully saturated rings. The van der Waals surface area contributed by atoms with Crippen LogP contribution in [0.2, 0.25) is 0 Å².